The van der Waals surface area contributed by atoms with Crippen LogP contribution in [0.25, 0.3) is 0 Å². The number of rotatable bonds is 6. The Hall–Kier alpha value is -1.81. The van der Waals surface area contributed by atoms with Crippen molar-refractivity contribution in [2.24, 2.45) is 0 Å². The molecule has 0 fully saturated rings. The van der Waals surface area contributed by atoms with Gasteiger partial charge in [0.1, 0.15) is 17.5 Å². The van der Waals surface area contributed by atoms with Crippen LogP contribution in [-0.4, -0.2) is 6.54 Å². The van der Waals surface area contributed by atoms with E-state index in [2.05, 4.69) is 5.32 Å². The van der Waals surface area contributed by atoms with E-state index in [1.165, 1.54) is 24.3 Å². The highest BCUT2D eigenvalue weighted by Gasteiger charge is 2.14. The smallest absolute Gasteiger partial charge is 0.129 e. The first-order valence-electron chi connectivity index (χ1n) is 7.03. The molecule has 0 saturated carbocycles. The molecular formula is C17H18F3N. The lowest BCUT2D eigenvalue weighted by molar-refractivity contribution is 0.507. The number of hydrogen-bond acceptors (Lipinski definition) is 1. The lowest BCUT2D eigenvalue weighted by Crippen LogP contribution is -2.24. The van der Waals surface area contributed by atoms with E-state index in [-0.39, 0.29) is 11.9 Å². The van der Waals surface area contributed by atoms with Gasteiger partial charge in [-0.05, 0) is 48.7 Å². The first-order chi connectivity index (χ1) is 10.1. The van der Waals surface area contributed by atoms with E-state index in [1.807, 2.05) is 6.92 Å². The van der Waals surface area contributed by atoms with Gasteiger partial charge in [0.2, 0.25) is 0 Å². The lowest BCUT2D eigenvalue weighted by Gasteiger charge is -2.19. The molecule has 0 aliphatic carbocycles. The Labute approximate surface area is 122 Å². The van der Waals surface area contributed by atoms with Crippen LogP contribution in [0.1, 0.15) is 30.5 Å². The van der Waals surface area contributed by atoms with Gasteiger partial charge in [0.15, 0.2) is 0 Å². The minimum atomic E-state index is -0.587. The van der Waals surface area contributed by atoms with E-state index < -0.39 is 11.6 Å². The number of hydrogen-bond donors (Lipinski definition) is 1. The Balaban J connectivity index is 2.21. The summed E-state index contributed by atoms with van der Waals surface area (Å²) in [7, 11) is 0. The maximum Gasteiger partial charge on any atom is 0.129 e. The summed E-state index contributed by atoms with van der Waals surface area (Å²) in [5.74, 6) is -1.45. The first kappa shape index (κ1) is 15.6. The third-order valence-electron chi connectivity index (χ3n) is 3.35. The monoisotopic (exact) mass is 293 g/mol. The van der Waals surface area contributed by atoms with Crippen molar-refractivity contribution in [1.29, 1.82) is 0 Å². The third-order valence-corrected chi connectivity index (χ3v) is 3.35. The highest BCUT2D eigenvalue weighted by Crippen LogP contribution is 2.21. The molecule has 2 aromatic rings. The Morgan fingerprint density at radius 1 is 0.952 bits per heavy atom. The summed E-state index contributed by atoms with van der Waals surface area (Å²) in [6.45, 7) is 2.80. The van der Waals surface area contributed by atoms with E-state index in [0.29, 0.717) is 12.0 Å². The molecule has 4 heteroatoms. The van der Waals surface area contributed by atoms with Crippen LogP contribution in [0.5, 0.6) is 0 Å². The van der Waals surface area contributed by atoms with Gasteiger partial charge in [0.05, 0.1) is 0 Å². The highest BCUT2D eigenvalue weighted by molar-refractivity contribution is 5.25. The van der Waals surface area contributed by atoms with Gasteiger partial charge >= 0.3 is 0 Å². The molecular weight excluding hydrogens is 275 g/mol. The summed E-state index contributed by atoms with van der Waals surface area (Å²) in [4.78, 5) is 0. The fourth-order valence-electron chi connectivity index (χ4n) is 2.23. The van der Waals surface area contributed by atoms with E-state index in [0.717, 1.165) is 24.6 Å². The van der Waals surface area contributed by atoms with E-state index >= 15 is 0 Å². The predicted octanol–water partition coefficient (Wildman–Crippen LogP) is 4.39. The summed E-state index contributed by atoms with van der Waals surface area (Å²) >= 11 is 0. The molecule has 0 amide bonds. The second kappa shape index (κ2) is 7.27. The molecule has 112 valence electrons. The summed E-state index contributed by atoms with van der Waals surface area (Å²) in [6, 6.07) is 9.60. The Morgan fingerprint density at radius 3 is 2.24 bits per heavy atom. The van der Waals surface area contributed by atoms with Gasteiger partial charge in [-0.3, -0.25) is 0 Å². The van der Waals surface area contributed by atoms with Crippen LogP contribution in [0.15, 0.2) is 42.5 Å². The summed E-state index contributed by atoms with van der Waals surface area (Å²) in [5.41, 5.74) is 1.32. The van der Waals surface area contributed by atoms with Gasteiger partial charge in [0, 0.05) is 12.1 Å². The molecule has 1 unspecified atom stereocenters. The van der Waals surface area contributed by atoms with Crippen molar-refractivity contribution in [2.75, 3.05) is 6.54 Å². The molecule has 0 aliphatic heterocycles. The van der Waals surface area contributed by atoms with E-state index in [1.54, 1.807) is 12.1 Å². The fourth-order valence-corrected chi connectivity index (χ4v) is 2.23. The molecule has 0 aromatic heterocycles. The minimum Gasteiger partial charge on any atom is -0.310 e. The molecule has 1 atom stereocenters. The van der Waals surface area contributed by atoms with Gasteiger partial charge < -0.3 is 5.32 Å². The van der Waals surface area contributed by atoms with Crippen LogP contribution in [0.3, 0.4) is 0 Å². The third kappa shape index (κ3) is 4.33. The van der Waals surface area contributed by atoms with Crippen LogP contribution in [0.4, 0.5) is 13.2 Å². The average molecular weight is 293 g/mol. The summed E-state index contributed by atoms with van der Waals surface area (Å²) < 4.78 is 39.8. The number of halogens is 3. The van der Waals surface area contributed by atoms with Crippen LogP contribution in [0.2, 0.25) is 0 Å². The van der Waals surface area contributed by atoms with Crippen molar-refractivity contribution in [3.8, 4) is 0 Å². The van der Waals surface area contributed by atoms with Gasteiger partial charge in [0.25, 0.3) is 0 Å². The van der Waals surface area contributed by atoms with Crippen LogP contribution >= 0.6 is 0 Å². The second-order valence-electron chi connectivity index (χ2n) is 5.00. The molecule has 0 radical (unpaired) electrons. The standard InChI is InChI=1S/C17H18F3N/c1-2-9-21-17(12-3-6-14(18)7-4-12)10-13-5-8-15(19)11-16(13)20/h3-8,11,17,21H,2,9-10H2,1H3. The number of benzene rings is 2. The van der Waals surface area contributed by atoms with Crippen LogP contribution < -0.4 is 5.32 Å². The zero-order valence-corrected chi connectivity index (χ0v) is 11.9. The first-order valence-corrected chi connectivity index (χ1v) is 7.03. The Bertz CT molecular complexity index is 581. The Morgan fingerprint density at radius 2 is 1.62 bits per heavy atom. The molecule has 21 heavy (non-hydrogen) atoms. The quantitative estimate of drug-likeness (QED) is 0.833. The van der Waals surface area contributed by atoms with Crippen LogP contribution in [-0.2, 0) is 6.42 Å². The van der Waals surface area contributed by atoms with Gasteiger partial charge in [-0.25, -0.2) is 13.2 Å². The molecule has 0 saturated heterocycles. The van der Waals surface area contributed by atoms with Crippen molar-refractivity contribution in [3.63, 3.8) is 0 Å². The molecule has 1 nitrogen and oxygen atoms in total. The van der Waals surface area contributed by atoms with Gasteiger partial charge in [-0.15, -0.1) is 0 Å². The highest BCUT2D eigenvalue weighted by atomic mass is 19.1. The van der Waals surface area contributed by atoms with Crippen molar-refractivity contribution in [3.05, 3.63) is 71.0 Å². The van der Waals surface area contributed by atoms with Crippen molar-refractivity contribution >= 4 is 0 Å². The topological polar surface area (TPSA) is 12.0 Å². The van der Waals surface area contributed by atoms with Gasteiger partial charge in [-0.1, -0.05) is 25.1 Å². The lowest BCUT2D eigenvalue weighted by atomic mass is 9.98. The molecule has 2 rings (SSSR count). The largest absolute Gasteiger partial charge is 0.310 e. The maximum atomic E-state index is 13.8. The number of nitrogens with one attached hydrogen (secondary N) is 1. The normalized spacial score (nSPS) is 12.4. The molecule has 0 spiro atoms. The predicted molar refractivity (Wildman–Crippen MR) is 77.5 cm³/mol. The molecule has 0 heterocycles. The SMILES string of the molecule is CCCNC(Cc1ccc(F)cc1F)c1ccc(F)cc1. The zero-order chi connectivity index (χ0) is 15.2. The Kier molecular flexibility index (Phi) is 5.39. The van der Waals surface area contributed by atoms with Crippen LogP contribution in [0, 0.1) is 17.5 Å². The minimum absolute atomic E-state index is 0.134. The summed E-state index contributed by atoms with van der Waals surface area (Å²) in [6.07, 6.45) is 1.32. The molecule has 0 aliphatic rings. The molecule has 0 bridgehead atoms. The molecule has 1 N–H and O–H groups in total. The van der Waals surface area contributed by atoms with Crippen molar-refractivity contribution < 1.29 is 13.2 Å². The van der Waals surface area contributed by atoms with E-state index in [9.17, 15) is 13.2 Å². The fraction of sp³-hybridized carbons (Fsp3) is 0.294. The summed E-state index contributed by atoms with van der Waals surface area (Å²) in [5, 5.41) is 3.31. The maximum absolute atomic E-state index is 13.8. The average Bonchev–Trinajstić information content (AvgIpc) is 2.46. The molecule has 2 aromatic carbocycles. The van der Waals surface area contributed by atoms with E-state index in [4.69, 9.17) is 0 Å². The van der Waals surface area contributed by atoms with Crippen molar-refractivity contribution in [2.45, 2.75) is 25.8 Å². The second-order valence-corrected chi connectivity index (χ2v) is 5.00. The van der Waals surface area contributed by atoms with Gasteiger partial charge in [-0.2, -0.15) is 0 Å². The zero-order valence-electron chi connectivity index (χ0n) is 11.9. The van der Waals surface area contributed by atoms with Crippen molar-refractivity contribution in [1.82, 2.24) is 5.32 Å².